The quantitative estimate of drug-likeness (QED) is 0.824. The van der Waals surface area contributed by atoms with Crippen molar-refractivity contribution in [3.63, 3.8) is 0 Å². The van der Waals surface area contributed by atoms with Crippen LogP contribution < -0.4 is 10.2 Å². The Labute approximate surface area is 131 Å². The zero-order valence-corrected chi connectivity index (χ0v) is 13.2. The van der Waals surface area contributed by atoms with Crippen molar-refractivity contribution in [3.05, 3.63) is 53.1 Å². The second-order valence-corrected chi connectivity index (χ2v) is 5.23. The smallest absolute Gasteiger partial charge is 0.139 e. The molecule has 0 heterocycles. The third kappa shape index (κ3) is 3.82. The molecule has 2 N–H and O–H groups in total. The number of rotatable bonds is 6. The number of phenols is 1. The van der Waals surface area contributed by atoms with Gasteiger partial charge in [-0.15, -0.1) is 0 Å². The molecule has 0 aromatic heterocycles. The van der Waals surface area contributed by atoms with Crippen LogP contribution in [0.15, 0.2) is 42.5 Å². The summed E-state index contributed by atoms with van der Waals surface area (Å²) in [4.78, 5) is 2.30. The van der Waals surface area contributed by atoms with Gasteiger partial charge in [0, 0.05) is 36.6 Å². The van der Waals surface area contributed by atoms with Crippen molar-refractivity contribution in [1.29, 1.82) is 0 Å². The lowest BCUT2D eigenvalue weighted by Crippen LogP contribution is -2.21. The fourth-order valence-electron chi connectivity index (χ4n) is 2.28. The molecule has 3 nitrogen and oxygen atoms in total. The van der Waals surface area contributed by atoms with E-state index in [0.29, 0.717) is 11.6 Å². The summed E-state index contributed by atoms with van der Waals surface area (Å²) in [5.41, 5.74) is 3.02. The van der Waals surface area contributed by atoms with Crippen LogP contribution >= 0.6 is 11.6 Å². The average Bonchev–Trinajstić information content (AvgIpc) is 2.51. The summed E-state index contributed by atoms with van der Waals surface area (Å²) < 4.78 is 0. The normalized spacial score (nSPS) is 10.4. The first-order valence-corrected chi connectivity index (χ1v) is 7.58. The van der Waals surface area contributed by atoms with E-state index in [2.05, 4.69) is 48.3 Å². The Hall–Kier alpha value is -1.87. The minimum absolute atomic E-state index is 0.145. The Morgan fingerprint density at radius 1 is 1.05 bits per heavy atom. The van der Waals surface area contributed by atoms with Gasteiger partial charge in [0.15, 0.2) is 0 Å². The Morgan fingerprint density at radius 2 is 1.71 bits per heavy atom. The Kier molecular flexibility index (Phi) is 5.34. The third-order valence-corrected chi connectivity index (χ3v) is 3.85. The van der Waals surface area contributed by atoms with E-state index < -0.39 is 0 Å². The first-order chi connectivity index (χ1) is 10.2. The summed E-state index contributed by atoms with van der Waals surface area (Å²) in [6.07, 6.45) is 0. The number of aromatic hydroxyl groups is 1. The number of halogens is 1. The van der Waals surface area contributed by atoms with Gasteiger partial charge in [-0.25, -0.2) is 0 Å². The van der Waals surface area contributed by atoms with Gasteiger partial charge in [0.05, 0.1) is 5.02 Å². The van der Waals surface area contributed by atoms with Crippen LogP contribution in [0.3, 0.4) is 0 Å². The van der Waals surface area contributed by atoms with E-state index in [4.69, 9.17) is 11.6 Å². The van der Waals surface area contributed by atoms with Crippen LogP contribution in [0.4, 0.5) is 11.4 Å². The van der Waals surface area contributed by atoms with Crippen LogP contribution in [-0.4, -0.2) is 18.2 Å². The second kappa shape index (κ2) is 7.23. The molecule has 0 saturated heterocycles. The van der Waals surface area contributed by atoms with Crippen LogP contribution in [0.5, 0.6) is 5.75 Å². The lowest BCUT2D eigenvalue weighted by atomic mass is 10.2. The van der Waals surface area contributed by atoms with Crippen LogP contribution in [-0.2, 0) is 6.54 Å². The number of hydrogen-bond acceptors (Lipinski definition) is 3. The number of nitrogens with zero attached hydrogens (tertiary/aromatic N) is 1. The number of hydrogen-bond donors (Lipinski definition) is 2. The molecule has 112 valence electrons. The van der Waals surface area contributed by atoms with Crippen molar-refractivity contribution >= 4 is 23.0 Å². The maximum absolute atomic E-state index is 9.88. The molecule has 0 radical (unpaired) electrons. The predicted molar refractivity (Wildman–Crippen MR) is 90.4 cm³/mol. The molecular weight excluding hydrogens is 284 g/mol. The standard InChI is InChI=1S/C17H21ClN2O/c1-3-20(4-2)15-10-8-14(9-11-15)19-12-13-6-5-7-16(18)17(13)21/h5-11,19,21H,3-4,12H2,1-2H3. The number of benzene rings is 2. The highest BCUT2D eigenvalue weighted by Gasteiger charge is 2.05. The summed E-state index contributed by atoms with van der Waals surface area (Å²) in [5, 5.41) is 13.6. The molecule has 0 aliphatic carbocycles. The average molecular weight is 305 g/mol. The highest BCUT2D eigenvalue weighted by Crippen LogP contribution is 2.27. The first-order valence-electron chi connectivity index (χ1n) is 7.21. The molecule has 2 aromatic carbocycles. The molecule has 2 rings (SSSR count). The van der Waals surface area contributed by atoms with E-state index in [1.165, 1.54) is 5.69 Å². The maximum Gasteiger partial charge on any atom is 0.139 e. The van der Waals surface area contributed by atoms with Gasteiger partial charge in [-0.3, -0.25) is 0 Å². The molecule has 0 aliphatic heterocycles. The van der Waals surface area contributed by atoms with Gasteiger partial charge < -0.3 is 15.3 Å². The van der Waals surface area contributed by atoms with Gasteiger partial charge in [-0.1, -0.05) is 23.7 Å². The molecule has 0 atom stereocenters. The summed E-state index contributed by atoms with van der Waals surface area (Å²) in [5.74, 6) is 0.145. The number of phenolic OH excluding ortho intramolecular Hbond substituents is 1. The van der Waals surface area contributed by atoms with Gasteiger partial charge in [-0.05, 0) is 44.2 Å². The zero-order valence-electron chi connectivity index (χ0n) is 12.4. The van der Waals surface area contributed by atoms with E-state index >= 15 is 0 Å². The van der Waals surface area contributed by atoms with Crippen LogP contribution in [0, 0.1) is 0 Å². The fraction of sp³-hybridized carbons (Fsp3) is 0.294. The van der Waals surface area contributed by atoms with E-state index in [1.54, 1.807) is 6.07 Å². The Bertz CT molecular complexity index is 580. The molecule has 0 fully saturated rings. The van der Waals surface area contributed by atoms with Gasteiger partial charge in [-0.2, -0.15) is 0 Å². The molecule has 4 heteroatoms. The number of anilines is 2. The fourth-order valence-corrected chi connectivity index (χ4v) is 2.47. The first kappa shape index (κ1) is 15.5. The molecule has 0 bridgehead atoms. The van der Waals surface area contributed by atoms with Crippen LogP contribution in [0.2, 0.25) is 5.02 Å². The van der Waals surface area contributed by atoms with E-state index in [1.807, 2.05) is 12.1 Å². The Morgan fingerprint density at radius 3 is 2.33 bits per heavy atom. The summed E-state index contributed by atoms with van der Waals surface area (Å²) in [6, 6.07) is 13.7. The molecule has 0 amide bonds. The molecule has 0 saturated carbocycles. The lowest BCUT2D eigenvalue weighted by Gasteiger charge is -2.21. The molecule has 0 aliphatic rings. The Balaban J connectivity index is 2.02. The van der Waals surface area contributed by atoms with Crippen molar-refractivity contribution in [3.8, 4) is 5.75 Å². The SMILES string of the molecule is CCN(CC)c1ccc(NCc2cccc(Cl)c2O)cc1. The highest BCUT2D eigenvalue weighted by molar-refractivity contribution is 6.32. The van der Waals surface area contributed by atoms with Crippen molar-refractivity contribution in [1.82, 2.24) is 0 Å². The van der Waals surface area contributed by atoms with Gasteiger partial charge >= 0.3 is 0 Å². The highest BCUT2D eigenvalue weighted by atomic mass is 35.5. The molecular formula is C17H21ClN2O. The monoisotopic (exact) mass is 304 g/mol. The number of nitrogens with one attached hydrogen (secondary N) is 1. The van der Waals surface area contributed by atoms with Crippen molar-refractivity contribution in [2.24, 2.45) is 0 Å². The van der Waals surface area contributed by atoms with Crippen molar-refractivity contribution in [2.75, 3.05) is 23.3 Å². The summed E-state index contributed by atoms with van der Waals surface area (Å²) >= 11 is 5.90. The summed E-state index contributed by atoms with van der Waals surface area (Å²) in [6.45, 7) is 6.84. The van der Waals surface area contributed by atoms with E-state index in [9.17, 15) is 5.11 Å². The van der Waals surface area contributed by atoms with Crippen molar-refractivity contribution < 1.29 is 5.11 Å². The predicted octanol–water partition coefficient (Wildman–Crippen LogP) is 4.50. The molecule has 2 aromatic rings. The minimum Gasteiger partial charge on any atom is -0.506 e. The third-order valence-electron chi connectivity index (χ3n) is 3.55. The van der Waals surface area contributed by atoms with Gasteiger partial charge in [0.2, 0.25) is 0 Å². The van der Waals surface area contributed by atoms with Crippen LogP contribution in [0.25, 0.3) is 0 Å². The minimum atomic E-state index is 0.145. The zero-order chi connectivity index (χ0) is 15.2. The van der Waals surface area contributed by atoms with Gasteiger partial charge in [0.1, 0.15) is 5.75 Å². The lowest BCUT2D eigenvalue weighted by molar-refractivity contribution is 0.469. The van der Waals surface area contributed by atoms with E-state index in [-0.39, 0.29) is 5.75 Å². The van der Waals surface area contributed by atoms with E-state index in [0.717, 1.165) is 24.3 Å². The number of para-hydroxylation sites is 1. The van der Waals surface area contributed by atoms with Gasteiger partial charge in [0.25, 0.3) is 0 Å². The van der Waals surface area contributed by atoms with Crippen molar-refractivity contribution in [2.45, 2.75) is 20.4 Å². The molecule has 0 unspecified atom stereocenters. The largest absolute Gasteiger partial charge is 0.506 e. The van der Waals surface area contributed by atoms with Crippen LogP contribution in [0.1, 0.15) is 19.4 Å². The second-order valence-electron chi connectivity index (χ2n) is 4.82. The summed E-state index contributed by atoms with van der Waals surface area (Å²) in [7, 11) is 0. The maximum atomic E-state index is 9.88. The molecule has 0 spiro atoms. The molecule has 21 heavy (non-hydrogen) atoms. The topological polar surface area (TPSA) is 35.5 Å².